The molecule has 0 saturated carbocycles. The lowest BCUT2D eigenvalue weighted by Crippen LogP contribution is -2.40. The summed E-state index contributed by atoms with van der Waals surface area (Å²) in [4.78, 5) is 23.9. The van der Waals surface area contributed by atoms with Crippen LogP contribution in [0, 0.1) is 0 Å². The van der Waals surface area contributed by atoms with E-state index in [1.54, 1.807) is 23.7 Å². The molecule has 1 aliphatic rings. The molecule has 1 unspecified atom stereocenters. The molecular weight excluding hydrogens is 270 g/mol. The highest BCUT2D eigenvalue weighted by atomic mass is 32.1. The molecule has 1 fully saturated rings. The normalized spacial score (nSPS) is 19.0. The Kier molecular flexibility index (Phi) is 4.06. The number of carbonyl (C=O) groups excluding carboxylic acids is 1. The predicted octanol–water partition coefficient (Wildman–Crippen LogP) is 2.49. The fraction of sp³-hybridized carbons (Fsp3) is 0.400. The van der Waals surface area contributed by atoms with Gasteiger partial charge >= 0.3 is 0 Å². The van der Waals surface area contributed by atoms with Gasteiger partial charge in [-0.15, -0.1) is 11.3 Å². The monoisotopic (exact) mass is 287 g/mol. The number of hydrogen-bond acceptors (Lipinski definition) is 4. The van der Waals surface area contributed by atoms with Gasteiger partial charge in [0.1, 0.15) is 0 Å². The molecule has 3 heterocycles. The van der Waals surface area contributed by atoms with Gasteiger partial charge in [0.15, 0.2) is 0 Å². The fourth-order valence-electron chi connectivity index (χ4n) is 2.64. The smallest absolute Gasteiger partial charge is 0.227 e. The maximum Gasteiger partial charge on any atom is 0.227 e. The van der Waals surface area contributed by atoms with Gasteiger partial charge < -0.3 is 4.90 Å². The Labute approximate surface area is 122 Å². The maximum atomic E-state index is 12.3. The van der Waals surface area contributed by atoms with Gasteiger partial charge in [0, 0.05) is 42.5 Å². The molecule has 1 saturated heterocycles. The van der Waals surface area contributed by atoms with Crippen molar-refractivity contribution in [3.63, 3.8) is 0 Å². The topological polar surface area (TPSA) is 46.1 Å². The largest absolute Gasteiger partial charge is 0.342 e. The zero-order chi connectivity index (χ0) is 13.8. The molecule has 0 N–H and O–H groups in total. The lowest BCUT2D eigenvalue weighted by Gasteiger charge is -2.32. The van der Waals surface area contributed by atoms with Crippen molar-refractivity contribution in [2.45, 2.75) is 25.2 Å². The van der Waals surface area contributed by atoms with E-state index in [9.17, 15) is 4.79 Å². The molecule has 3 rings (SSSR count). The van der Waals surface area contributed by atoms with Crippen LogP contribution in [-0.4, -0.2) is 33.9 Å². The second-order valence-corrected chi connectivity index (χ2v) is 6.10. The molecule has 4 nitrogen and oxygen atoms in total. The van der Waals surface area contributed by atoms with E-state index in [0.29, 0.717) is 12.3 Å². The summed E-state index contributed by atoms with van der Waals surface area (Å²) < 4.78 is 0. The number of nitrogens with zero attached hydrogens (tertiary/aromatic N) is 3. The van der Waals surface area contributed by atoms with E-state index in [1.807, 2.05) is 28.6 Å². The van der Waals surface area contributed by atoms with Crippen LogP contribution in [0.3, 0.4) is 0 Å². The van der Waals surface area contributed by atoms with E-state index in [-0.39, 0.29) is 5.91 Å². The Hall–Kier alpha value is -1.75. The van der Waals surface area contributed by atoms with Crippen molar-refractivity contribution in [3.8, 4) is 0 Å². The van der Waals surface area contributed by atoms with Crippen LogP contribution >= 0.6 is 11.3 Å². The number of aromatic nitrogens is 2. The van der Waals surface area contributed by atoms with Crippen molar-refractivity contribution < 1.29 is 4.79 Å². The minimum absolute atomic E-state index is 0.223. The molecule has 0 aromatic carbocycles. The third-order valence-electron chi connectivity index (χ3n) is 3.68. The average molecular weight is 287 g/mol. The van der Waals surface area contributed by atoms with E-state index >= 15 is 0 Å². The van der Waals surface area contributed by atoms with Gasteiger partial charge in [-0.3, -0.25) is 14.8 Å². The first-order valence-corrected chi connectivity index (χ1v) is 7.77. The van der Waals surface area contributed by atoms with Gasteiger partial charge in [-0.05, 0) is 24.3 Å². The number of carbonyl (C=O) groups is 1. The number of likely N-dealkylation sites (tertiary alicyclic amines) is 1. The summed E-state index contributed by atoms with van der Waals surface area (Å²) in [7, 11) is 0. The lowest BCUT2D eigenvalue weighted by molar-refractivity contribution is -0.131. The number of thiophene rings is 1. The summed E-state index contributed by atoms with van der Waals surface area (Å²) in [5.74, 6) is 0.547. The first-order chi connectivity index (χ1) is 9.83. The van der Waals surface area contributed by atoms with Crippen LogP contribution < -0.4 is 0 Å². The van der Waals surface area contributed by atoms with Crippen molar-refractivity contribution in [2.75, 3.05) is 13.1 Å². The van der Waals surface area contributed by atoms with Gasteiger partial charge in [0.2, 0.25) is 5.91 Å². The van der Waals surface area contributed by atoms with E-state index in [1.165, 1.54) is 0 Å². The van der Waals surface area contributed by atoms with E-state index < -0.39 is 0 Å². The average Bonchev–Trinajstić information content (AvgIpc) is 3.01. The maximum absolute atomic E-state index is 12.3. The molecule has 1 aliphatic heterocycles. The zero-order valence-corrected chi connectivity index (χ0v) is 12.1. The number of piperidine rings is 1. The van der Waals surface area contributed by atoms with Crippen molar-refractivity contribution in [2.24, 2.45) is 0 Å². The molecule has 0 spiro atoms. The number of hydrogen-bond donors (Lipinski definition) is 0. The molecule has 0 aliphatic carbocycles. The van der Waals surface area contributed by atoms with E-state index in [2.05, 4.69) is 9.97 Å². The molecule has 2 aromatic heterocycles. The summed E-state index contributed by atoms with van der Waals surface area (Å²) >= 11 is 1.64. The fourth-order valence-corrected chi connectivity index (χ4v) is 3.34. The van der Waals surface area contributed by atoms with Gasteiger partial charge in [-0.1, -0.05) is 6.07 Å². The van der Waals surface area contributed by atoms with Crippen LogP contribution in [0.15, 0.2) is 36.1 Å². The van der Waals surface area contributed by atoms with Gasteiger partial charge in [0.25, 0.3) is 0 Å². The van der Waals surface area contributed by atoms with Crippen molar-refractivity contribution in [3.05, 3.63) is 46.7 Å². The third-order valence-corrected chi connectivity index (χ3v) is 4.56. The molecule has 104 valence electrons. The predicted molar refractivity (Wildman–Crippen MR) is 78.6 cm³/mol. The SMILES string of the molecule is O=C(Cc1cccs1)N1CCCC(c2cnccn2)C1. The number of amides is 1. The summed E-state index contributed by atoms with van der Waals surface area (Å²) in [6, 6.07) is 4.01. The van der Waals surface area contributed by atoms with Crippen molar-refractivity contribution in [1.82, 2.24) is 14.9 Å². The second kappa shape index (κ2) is 6.13. The molecule has 20 heavy (non-hydrogen) atoms. The van der Waals surface area contributed by atoms with Gasteiger partial charge in [-0.2, -0.15) is 0 Å². The summed E-state index contributed by atoms with van der Waals surface area (Å²) in [5, 5.41) is 2.02. The van der Waals surface area contributed by atoms with Gasteiger partial charge in [0.05, 0.1) is 12.1 Å². The first-order valence-electron chi connectivity index (χ1n) is 6.89. The number of rotatable bonds is 3. The highest BCUT2D eigenvalue weighted by Gasteiger charge is 2.25. The molecule has 0 radical (unpaired) electrons. The van der Waals surface area contributed by atoms with Crippen LogP contribution in [0.4, 0.5) is 0 Å². The quantitative estimate of drug-likeness (QED) is 0.871. The van der Waals surface area contributed by atoms with Gasteiger partial charge in [-0.25, -0.2) is 0 Å². The van der Waals surface area contributed by atoms with E-state index in [0.717, 1.165) is 36.5 Å². The molecule has 2 aromatic rings. The standard InChI is InChI=1S/C15H17N3OS/c19-15(9-13-4-2-8-20-13)18-7-1-3-12(11-18)14-10-16-5-6-17-14/h2,4-6,8,10,12H,1,3,7,9,11H2. The minimum atomic E-state index is 0.223. The van der Waals surface area contributed by atoms with Crippen molar-refractivity contribution >= 4 is 17.2 Å². The Morgan fingerprint density at radius 2 is 2.40 bits per heavy atom. The molecule has 1 atom stereocenters. The second-order valence-electron chi connectivity index (χ2n) is 5.07. The summed E-state index contributed by atoms with van der Waals surface area (Å²) in [6.07, 6.45) is 7.87. The van der Waals surface area contributed by atoms with Crippen LogP contribution in [0.5, 0.6) is 0 Å². The van der Waals surface area contributed by atoms with Crippen LogP contribution in [-0.2, 0) is 11.2 Å². The highest BCUT2D eigenvalue weighted by molar-refractivity contribution is 7.10. The van der Waals surface area contributed by atoms with E-state index in [4.69, 9.17) is 0 Å². The van der Waals surface area contributed by atoms with Crippen molar-refractivity contribution in [1.29, 1.82) is 0 Å². The molecule has 0 bridgehead atoms. The first kappa shape index (κ1) is 13.2. The molecular formula is C15H17N3OS. The Bertz CT molecular complexity index is 556. The lowest BCUT2D eigenvalue weighted by atomic mass is 9.95. The summed E-state index contributed by atoms with van der Waals surface area (Å²) in [6.45, 7) is 1.63. The van der Waals surface area contributed by atoms with Crippen LogP contribution in [0.2, 0.25) is 0 Å². The zero-order valence-electron chi connectivity index (χ0n) is 11.2. The summed E-state index contributed by atoms with van der Waals surface area (Å²) in [5.41, 5.74) is 1.00. The Morgan fingerprint density at radius 1 is 1.45 bits per heavy atom. The minimum Gasteiger partial charge on any atom is -0.342 e. The molecule has 1 amide bonds. The Morgan fingerprint density at radius 3 is 3.15 bits per heavy atom. The van der Waals surface area contributed by atoms with Crippen LogP contribution in [0.25, 0.3) is 0 Å². The Balaban J connectivity index is 1.64. The highest BCUT2D eigenvalue weighted by Crippen LogP contribution is 2.25. The third kappa shape index (κ3) is 3.04. The van der Waals surface area contributed by atoms with Crippen LogP contribution in [0.1, 0.15) is 29.3 Å². The molecule has 5 heteroatoms.